The third-order valence-electron chi connectivity index (χ3n) is 2.94. The summed E-state index contributed by atoms with van der Waals surface area (Å²) in [6.07, 6.45) is 2.68. The molecule has 0 N–H and O–H groups in total. The molecule has 0 saturated heterocycles. The molecule has 0 amide bonds. The van der Waals surface area contributed by atoms with Gasteiger partial charge in [0.1, 0.15) is 0 Å². The van der Waals surface area contributed by atoms with E-state index in [0.717, 1.165) is 39.4 Å². The monoisotopic (exact) mass is 291 g/mol. The van der Waals surface area contributed by atoms with Crippen molar-refractivity contribution in [3.05, 3.63) is 46.1 Å². The predicted molar refractivity (Wildman–Crippen MR) is 77.7 cm³/mol. The third-order valence-corrected chi connectivity index (χ3v) is 5.11. The van der Waals surface area contributed by atoms with Gasteiger partial charge in [-0.1, -0.05) is 17.8 Å². The normalized spacial score (nSPS) is 13.5. The van der Waals surface area contributed by atoms with Crippen LogP contribution in [-0.2, 0) is 19.2 Å². The van der Waals surface area contributed by atoms with Crippen LogP contribution in [0.2, 0.25) is 0 Å². The van der Waals surface area contributed by atoms with E-state index in [1.165, 1.54) is 0 Å². The van der Waals surface area contributed by atoms with Crippen molar-refractivity contribution in [1.82, 2.24) is 14.5 Å². The van der Waals surface area contributed by atoms with Crippen molar-refractivity contribution < 1.29 is 0 Å². The first-order chi connectivity index (χ1) is 9.25. The molecule has 3 rings (SSSR count). The van der Waals surface area contributed by atoms with Crippen LogP contribution in [0.25, 0.3) is 0 Å². The van der Waals surface area contributed by atoms with Crippen molar-refractivity contribution in [1.29, 1.82) is 0 Å². The second kappa shape index (κ2) is 5.38. The maximum absolute atomic E-state index is 12.2. The van der Waals surface area contributed by atoms with Gasteiger partial charge in [0.2, 0.25) is 0 Å². The lowest BCUT2D eigenvalue weighted by Crippen LogP contribution is -2.22. The minimum atomic E-state index is 0.0796. The third kappa shape index (κ3) is 2.55. The lowest BCUT2D eigenvalue weighted by Gasteiger charge is -2.08. The SMILES string of the molecule is Cn1c(SCc2ccccn2)nc2c(c1=O)SCC2. The average molecular weight is 291 g/mol. The van der Waals surface area contributed by atoms with Gasteiger partial charge in [0.05, 0.1) is 16.3 Å². The minimum absolute atomic E-state index is 0.0796. The van der Waals surface area contributed by atoms with Gasteiger partial charge in [0, 0.05) is 31.2 Å². The molecule has 0 aliphatic carbocycles. The summed E-state index contributed by atoms with van der Waals surface area (Å²) in [5, 5.41) is 0.775. The molecule has 0 aromatic carbocycles. The van der Waals surface area contributed by atoms with Gasteiger partial charge in [-0.2, -0.15) is 0 Å². The highest BCUT2D eigenvalue weighted by Crippen LogP contribution is 2.28. The van der Waals surface area contributed by atoms with E-state index in [4.69, 9.17) is 0 Å². The zero-order chi connectivity index (χ0) is 13.2. The van der Waals surface area contributed by atoms with E-state index in [1.54, 1.807) is 41.3 Å². The summed E-state index contributed by atoms with van der Waals surface area (Å²) in [7, 11) is 1.79. The van der Waals surface area contributed by atoms with Gasteiger partial charge in [0.15, 0.2) is 5.16 Å². The van der Waals surface area contributed by atoms with Gasteiger partial charge in [-0.25, -0.2) is 4.98 Å². The van der Waals surface area contributed by atoms with Crippen LogP contribution in [0, 0.1) is 0 Å². The summed E-state index contributed by atoms with van der Waals surface area (Å²) in [6.45, 7) is 0. The van der Waals surface area contributed by atoms with Gasteiger partial charge in [0.25, 0.3) is 5.56 Å². The molecule has 2 aromatic rings. The fourth-order valence-corrected chi connectivity index (χ4v) is 3.89. The number of hydrogen-bond acceptors (Lipinski definition) is 5. The van der Waals surface area contributed by atoms with Crippen molar-refractivity contribution in [3.8, 4) is 0 Å². The fourth-order valence-electron chi connectivity index (χ4n) is 1.92. The van der Waals surface area contributed by atoms with Crippen LogP contribution >= 0.6 is 23.5 Å². The van der Waals surface area contributed by atoms with E-state index in [1.807, 2.05) is 18.2 Å². The Morgan fingerprint density at radius 2 is 2.37 bits per heavy atom. The Morgan fingerprint density at radius 3 is 3.16 bits per heavy atom. The maximum atomic E-state index is 12.2. The molecule has 0 radical (unpaired) electrons. The smallest absolute Gasteiger partial charge is 0.267 e. The number of nitrogens with zero attached hydrogens (tertiary/aromatic N) is 3. The van der Waals surface area contributed by atoms with Crippen LogP contribution in [-0.4, -0.2) is 20.3 Å². The van der Waals surface area contributed by atoms with Crippen molar-refractivity contribution in [2.75, 3.05) is 5.75 Å². The molecule has 0 fully saturated rings. The molecule has 1 aliphatic heterocycles. The van der Waals surface area contributed by atoms with Gasteiger partial charge >= 0.3 is 0 Å². The Balaban J connectivity index is 1.86. The molecule has 98 valence electrons. The lowest BCUT2D eigenvalue weighted by atomic mass is 10.3. The number of aryl methyl sites for hydroxylation is 1. The van der Waals surface area contributed by atoms with Crippen molar-refractivity contribution in [3.63, 3.8) is 0 Å². The lowest BCUT2D eigenvalue weighted by molar-refractivity contribution is 0.669. The summed E-state index contributed by atoms with van der Waals surface area (Å²) in [6, 6.07) is 5.85. The molecule has 19 heavy (non-hydrogen) atoms. The number of thioether (sulfide) groups is 2. The van der Waals surface area contributed by atoms with Crippen LogP contribution in [0.4, 0.5) is 0 Å². The number of hydrogen-bond donors (Lipinski definition) is 0. The standard InChI is InChI=1S/C13H13N3OS2/c1-16-12(17)11-10(5-7-18-11)15-13(16)19-8-9-4-2-3-6-14-9/h2-4,6H,5,7-8H2,1H3. The molecule has 2 aromatic heterocycles. The summed E-state index contributed by atoms with van der Waals surface area (Å²) in [5.74, 6) is 1.69. The summed E-state index contributed by atoms with van der Waals surface area (Å²) < 4.78 is 1.64. The Morgan fingerprint density at radius 1 is 1.47 bits per heavy atom. The highest BCUT2D eigenvalue weighted by Gasteiger charge is 2.20. The molecule has 4 nitrogen and oxygen atoms in total. The van der Waals surface area contributed by atoms with Gasteiger partial charge in [-0.3, -0.25) is 14.3 Å². The molecule has 3 heterocycles. The fraction of sp³-hybridized carbons (Fsp3) is 0.308. The molecular weight excluding hydrogens is 278 g/mol. The van der Waals surface area contributed by atoms with Crippen molar-refractivity contribution in [2.24, 2.45) is 7.05 Å². The van der Waals surface area contributed by atoms with Crippen LogP contribution in [0.15, 0.2) is 39.2 Å². The van der Waals surface area contributed by atoms with Crippen molar-refractivity contribution in [2.45, 2.75) is 22.2 Å². The minimum Gasteiger partial charge on any atom is -0.290 e. The number of fused-ring (bicyclic) bond motifs is 1. The molecule has 1 aliphatic rings. The number of pyridine rings is 1. The quantitative estimate of drug-likeness (QED) is 0.640. The first-order valence-corrected chi connectivity index (χ1v) is 7.98. The van der Waals surface area contributed by atoms with E-state index in [-0.39, 0.29) is 5.56 Å². The van der Waals surface area contributed by atoms with Crippen molar-refractivity contribution >= 4 is 23.5 Å². The molecule has 6 heteroatoms. The average Bonchev–Trinajstić information content (AvgIpc) is 2.91. The molecule has 0 spiro atoms. The van der Waals surface area contributed by atoms with E-state index < -0.39 is 0 Å². The summed E-state index contributed by atoms with van der Waals surface area (Å²) >= 11 is 3.17. The second-order valence-corrected chi connectivity index (χ2v) is 6.29. The van der Waals surface area contributed by atoms with Crippen LogP contribution in [0.5, 0.6) is 0 Å². The van der Waals surface area contributed by atoms with E-state index in [0.29, 0.717) is 0 Å². The van der Waals surface area contributed by atoms with E-state index >= 15 is 0 Å². The van der Waals surface area contributed by atoms with Gasteiger partial charge in [-0.05, 0) is 12.1 Å². The van der Waals surface area contributed by atoms with Gasteiger partial charge < -0.3 is 0 Å². The van der Waals surface area contributed by atoms with Crippen LogP contribution < -0.4 is 5.56 Å². The molecule has 0 unspecified atom stereocenters. The number of rotatable bonds is 3. The summed E-state index contributed by atoms with van der Waals surface area (Å²) in [4.78, 5) is 21.9. The highest BCUT2D eigenvalue weighted by molar-refractivity contribution is 7.99. The van der Waals surface area contributed by atoms with E-state index in [2.05, 4.69) is 9.97 Å². The highest BCUT2D eigenvalue weighted by atomic mass is 32.2. The Hall–Kier alpha value is -1.27. The van der Waals surface area contributed by atoms with Crippen LogP contribution in [0.1, 0.15) is 11.4 Å². The zero-order valence-corrected chi connectivity index (χ0v) is 12.1. The molecule has 0 bridgehead atoms. The van der Waals surface area contributed by atoms with Gasteiger partial charge in [-0.15, -0.1) is 11.8 Å². The predicted octanol–water partition coefficient (Wildman–Crippen LogP) is 2.12. The summed E-state index contributed by atoms with van der Waals surface area (Å²) in [5.41, 5.74) is 2.03. The maximum Gasteiger partial charge on any atom is 0.267 e. The van der Waals surface area contributed by atoms with Crippen LogP contribution in [0.3, 0.4) is 0 Å². The first kappa shape index (κ1) is 12.7. The molecular formula is C13H13N3OS2. The Kier molecular flexibility index (Phi) is 3.61. The number of aromatic nitrogens is 3. The first-order valence-electron chi connectivity index (χ1n) is 6.01. The second-order valence-electron chi connectivity index (χ2n) is 4.24. The molecule has 0 atom stereocenters. The Bertz CT molecular complexity index is 655. The Labute approximate surface area is 119 Å². The topological polar surface area (TPSA) is 47.8 Å². The molecule has 0 saturated carbocycles. The largest absolute Gasteiger partial charge is 0.290 e. The zero-order valence-electron chi connectivity index (χ0n) is 10.5. The van der Waals surface area contributed by atoms with E-state index in [9.17, 15) is 4.79 Å².